The van der Waals surface area contributed by atoms with Crippen LogP contribution in [0.15, 0.2) is 22.7 Å². The van der Waals surface area contributed by atoms with Crippen molar-refractivity contribution in [1.29, 1.82) is 0 Å². The second-order valence-electron chi connectivity index (χ2n) is 4.65. The monoisotopic (exact) mass is 273 g/mol. The Morgan fingerprint density at radius 2 is 2.00 bits per heavy atom. The minimum atomic E-state index is -0.181. The predicted octanol–water partition coefficient (Wildman–Crippen LogP) is 3.38. The summed E-state index contributed by atoms with van der Waals surface area (Å²) in [5.74, 6) is -0.181. The van der Waals surface area contributed by atoms with Crippen LogP contribution < -0.4 is 5.32 Å². The Hall–Kier alpha value is -0.410. The summed E-state index contributed by atoms with van der Waals surface area (Å²) in [4.78, 5) is 0. The summed E-state index contributed by atoms with van der Waals surface area (Å²) in [6.45, 7) is 5.26. The molecule has 0 bridgehead atoms. The molecule has 0 radical (unpaired) electrons. The third kappa shape index (κ3) is 4.31. The van der Waals surface area contributed by atoms with Gasteiger partial charge in [0.25, 0.3) is 0 Å². The van der Waals surface area contributed by atoms with Gasteiger partial charge >= 0.3 is 0 Å². The Bertz CT molecular complexity index is 316. The Kier molecular flexibility index (Phi) is 4.29. The normalized spacial score (nSPS) is 11.8. The number of hydrogen-bond donors (Lipinski definition) is 1. The lowest BCUT2D eigenvalue weighted by atomic mass is 9.86. The number of halogens is 2. The fourth-order valence-electron chi connectivity index (χ4n) is 1.81. The topological polar surface area (TPSA) is 12.0 Å². The maximum Gasteiger partial charge on any atom is 0.124 e. The molecule has 0 fully saturated rings. The average Bonchev–Trinajstić information content (AvgIpc) is 1.99. The van der Waals surface area contributed by atoms with Gasteiger partial charge in [0.2, 0.25) is 0 Å². The molecule has 84 valence electrons. The van der Waals surface area contributed by atoms with Gasteiger partial charge in [0.05, 0.1) is 0 Å². The van der Waals surface area contributed by atoms with Crippen molar-refractivity contribution in [3.8, 4) is 0 Å². The zero-order valence-corrected chi connectivity index (χ0v) is 11.0. The molecule has 0 aliphatic heterocycles. The Balaban J connectivity index is 2.80. The molecule has 0 atom stereocenters. The molecule has 0 aromatic heterocycles. The van der Waals surface area contributed by atoms with Gasteiger partial charge in [-0.15, -0.1) is 0 Å². The molecule has 1 rings (SSSR count). The molecule has 0 unspecified atom stereocenters. The van der Waals surface area contributed by atoms with Crippen LogP contribution in [0.25, 0.3) is 0 Å². The minimum absolute atomic E-state index is 0.141. The van der Waals surface area contributed by atoms with Gasteiger partial charge in [-0.25, -0.2) is 4.39 Å². The SMILES string of the molecule is CNCC(C)(C)Cc1cc(F)cc(Br)c1. The molecule has 1 aromatic rings. The lowest BCUT2D eigenvalue weighted by Crippen LogP contribution is -2.28. The summed E-state index contributed by atoms with van der Waals surface area (Å²) in [7, 11) is 1.93. The van der Waals surface area contributed by atoms with Crippen LogP contribution in [0, 0.1) is 11.2 Å². The van der Waals surface area contributed by atoms with Crippen molar-refractivity contribution in [3.05, 3.63) is 34.1 Å². The molecule has 0 aliphatic rings. The smallest absolute Gasteiger partial charge is 0.124 e. The van der Waals surface area contributed by atoms with Crippen LogP contribution in [0.3, 0.4) is 0 Å². The third-order valence-electron chi connectivity index (χ3n) is 2.26. The van der Waals surface area contributed by atoms with Crippen molar-refractivity contribution >= 4 is 15.9 Å². The van der Waals surface area contributed by atoms with Crippen LogP contribution in [0.2, 0.25) is 0 Å². The van der Waals surface area contributed by atoms with E-state index in [1.165, 1.54) is 6.07 Å². The molecular weight excluding hydrogens is 257 g/mol. The fourth-order valence-corrected chi connectivity index (χ4v) is 2.32. The average molecular weight is 274 g/mol. The van der Waals surface area contributed by atoms with Gasteiger partial charge in [0.15, 0.2) is 0 Å². The minimum Gasteiger partial charge on any atom is -0.319 e. The van der Waals surface area contributed by atoms with Gasteiger partial charge < -0.3 is 5.32 Å². The number of hydrogen-bond acceptors (Lipinski definition) is 1. The molecular formula is C12H17BrFN. The molecule has 0 saturated heterocycles. The van der Waals surface area contributed by atoms with E-state index < -0.39 is 0 Å². The van der Waals surface area contributed by atoms with E-state index in [4.69, 9.17) is 0 Å². The highest BCUT2D eigenvalue weighted by Gasteiger charge is 2.17. The Morgan fingerprint density at radius 3 is 2.53 bits per heavy atom. The van der Waals surface area contributed by atoms with E-state index in [-0.39, 0.29) is 11.2 Å². The largest absolute Gasteiger partial charge is 0.319 e. The van der Waals surface area contributed by atoms with Gasteiger partial charge in [-0.3, -0.25) is 0 Å². The summed E-state index contributed by atoms with van der Waals surface area (Å²) < 4.78 is 13.9. The van der Waals surface area contributed by atoms with Crippen molar-refractivity contribution in [3.63, 3.8) is 0 Å². The quantitative estimate of drug-likeness (QED) is 0.887. The summed E-state index contributed by atoms with van der Waals surface area (Å²) >= 11 is 3.30. The summed E-state index contributed by atoms with van der Waals surface area (Å²) in [6, 6.07) is 5.05. The lowest BCUT2D eigenvalue weighted by Gasteiger charge is -2.24. The van der Waals surface area contributed by atoms with Crippen LogP contribution >= 0.6 is 15.9 Å². The van der Waals surface area contributed by atoms with Gasteiger partial charge in [0.1, 0.15) is 5.82 Å². The van der Waals surface area contributed by atoms with E-state index in [9.17, 15) is 4.39 Å². The molecule has 0 spiro atoms. The molecule has 0 heterocycles. The number of rotatable bonds is 4. The first-order valence-electron chi connectivity index (χ1n) is 5.02. The van der Waals surface area contributed by atoms with E-state index in [0.29, 0.717) is 0 Å². The first-order valence-corrected chi connectivity index (χ1v) is 5.82. The Morgan fingerprint density at radius 1 is 1.33 bits per heavy atom. The fraction of sp³-hybridized carbons (Fsp3) is 0.500. The summed E-state index contributed by atoms with van der Waals surface area (Å²) in [6.07, 6.45) is 0.865. The van der Waals surface area contributed by atoms with Crippen LogP contribution in [-0.4, -0.2) is 13.6 Å². The predicted molar refractivity (Wildman–Crippen MR) is 65.5 cm³/mol. The second-order valence-corrected chi connectivity index (χ2v) is 5.56. The van der Waals surface area contributed by atoms with Crippen LogP contribution in [0.4, 0.5) is 4.39 Å². The summed E-state index contributed by atoms with van der Waals surface area (Å²) in [5, 5.41) is 3.15. The van der Waals surface area contributed by atoms with Gasteiger partial charge in [-0.05, 0) is 42.6 Å². The highest BCUT2D eigenvalue weighted by atomic mass is 79.9. The molecule has 0 aliphatic carbocycles. The van der Waals surface area contributed by atoms with Crippen molar-refractivity contribution in [2.75, 3.05) is 13.6 Å². The van der Waals surface area contributed by atoms with Gasteiger partial charge in [0, 0.05) is 11.0 Å². The molecule has 3 heteroatoms. The number of nitrogens with one attached hydrogen (secondary N) is 1. The molecule has 0 saturated carbocycles. The highest BCUT2D eigenvalue weighted by Crippen LogP contribution is 2.23. The van der Waals surface area contributed by atoms with Gasteiger partial charge in [-0.2, -0.15) is 0 Å². The summed E-state index contributed by atoms with van der Waals surface area (Å²) in [5.41, 5.74) is 1.17. The van der Waals surface area contributed by atoms with E-state index >= 15 is 0 Å². The maximum atomic E-state index is 13.1. The highest BCUT2D eigenvalue weighted by molar-refractivity contribution is 9.10. The molecule has 1 aromatic carbocycles. The first-order chi connectivity index (χ1) is 6.93. The van der Waals surface area contributed by atoms with Crippen molar-refractivity contribution < 1.29 is 4.39 Å². The van der Waals surface area contributed by atoms with Gasteiger partial charge in [-0.1, -0.05) is 29.8 Å². The standard InChI is InChI=1S/C12H17BrFN/c1-12(2,8-15-3)7-9-4-10(13)6-11(14)5-9/h4-6,15H,7-8H2,1-3H3. The second kappa shape index (κ2) is 5.08. The zero-order valence-electron chi connectivity index (χ0n) is 9.40. The molecule has 0 amide bonds. The molecule has 1 N–H and O–H groups in total. The first kappa shape index (κ1) is 12.7. The Labute approximate surface area is 99.2 Å². The van der Waals surface area contributed by atoms with Crippen LogP contribution in [0.5, 0.6) is 0 Å². The zero-order chi connectivity index (χ0) is 11.5. The van der Waals surface area contributed by atoms with Crippen molar-refractivity contribution in [2.45, 2.75) is 20.3 Å². The van der Waals surface area contributed by atoms with Crippen LogP contribution in [0.1, 0.15) is 19.4 Å². The van der Waals surface area contributed by atoms with Crippen LogP contribution in [-0.2, 0) is 6.42 Å². The van der Waals surface area contributed by atoms with E-state index in [1.807, 2.05) is 13.1 Å². The molecule has 1 nitrogen and oxygen atoms in total. The van der Waals surface area contributed by atoms with E-state index in [2.05, 4.69) is 35.1 Å². The van der Waals surface area contributed by atoms with Crippen molar-refractivity contribution in [1.82, 2.24) is 5.32 Å². The van der Waals surface area contributed by atoms with E-state index in [1.54, 1.807) is 6.07 Å². The molecule has 15 heavy (non-hydrogen) atoms. The lowest BCUT2D eigenvalue weighted by molar-refractivity contribution is 0.349. The van der Waals surface area contributed by atoms with Crippen molar-refractivity contribution in [2.24, 2.45) is 5.41 Å². The van der Waals surface area contributed by atoms with E-state index in [0.717, 1.165) is 23.0 Å². The maximum absolute atomic E-state index is 13.1. The number of benzene rings is 1. The third-order valence-corrected chi connectivity index (χ3v) is 2.72.